The summed E-state index contributed by atoms with van der Waals surface area (Å²) in [6.07, 6.45) is 105. The standard InChI is InChI=1S/C82H140NO8P/c1-6-8-10-12-14-16-18-20-22-24-26-28-30-32-34-36-37-38-39-40-41-42-43-44-45-47-49-51-53-55-57-59-61-63-65-67-69-71-73-75-82(85)91-80(79-90-92(86,87)89-77-76-83(3,4)5)78-88-81(84)74-72-70-68-66-64-62-60-58-56-54-52-50-48-46-35-33-31-29-27-25-23-21-19-17-15-13-11-9-7-2/h8,10,14,16,19-22,25-28,32,34,37-38,40-41,43-44,47,49,53,55,80H,6-7,9,11-13,15,17-18,23-24,29-31,33,35-36,39,42,45-46,48,50-52,54,56-79H2,1-5H3/p+1/b10-8-,16-14-,21-19-,22-20-,27-25-,28-26-,34-32-,38-37-,41-40-,44-43-,49-47-,55-53-. The lowest BCUT2D eigenvalue weighted by Gasteiger charge is -2.24. The van der Waals surface area contributed by atoms with Crippen molar-refractivity contribution in [2.45, 2.75) is 315 Å². The van der Waals surface area contributed by atoms with Gasteiger partial charge in [-0.05, 0) is 122 Å². The number of nitrogens with zero attached hydrogens (tertiary/aromatic N) is 1. The van der Waals surface area contributed by atoms with Gasteiger partial charge in [0, 0.05) is 12.8 Å². The number of hydrogen-bond acceptors (Lipinski definition) is 7. The van der Waals surface area contributed by atoms with Crippen LogP contribution in [0, 0.1) is 0 Å². The molecule has 0 aromatic carbocycles. The number of hydrogen-bond donors (Lipinski definition) is 1. The van der Waals surface area contributed by atoms with Gasteiger partial charge < -0.3 is 18.9 Å². The van der Waals surface area contributed by atoms with Crippen molar-refractivity contribution in [2.24, 2.45) is 0 Å². The maximum atomic E-state index is 12.9. The fourth-order valence-corrected chi connectivity index (χ4v) is 10.9. The summed E-state index contributed by atoms with van der Waals surface area (Å²) in [4.78, 5) is 35.9. The smallest absolute Gasteiger partial charge is 0.462 e. The Hall–Kier alpha value is -4.11. The molecule has 2 unspecified atom stereocenters. The lowest BCUT2D eigenvalue weighted by atomic mass is 10.0. The number of esters is 2. The van der Waals surface area contributed by atoms with Gasteiger partial charge >= 0.3 is 19.8 Å². The molecule has 0 saturated carbocycles. The van der Waals surface area contributed by atoms with Crippen LogP contribution in [0.3, 0.4) is 0 Å². The molecule has 10 heteroatoms. The topological polar surface area (TPSA) is 108 Å². The second-order valence-electron chi connectivity index (χ2n) is 25.9. The largest absolute Gasteiger partial charge is 0.472 e. The zero-order chi connectivity index (χ0) is 66.9. The van der Waals surface area contributed by atoms with Crippen molar-refractivity contribution >= 4 is 19.8 Å². The van der Waals surface area contributed by atoms with E-state index in [0.717, 1.165) is 116 Å². The highest BCUT2D eigenvalue weighted by Gasteiger charge is 2.27. The molecule has 2 atom stereocenters. The molecule has 0 spiro atoms. The highest BCUT2D eigenvalue weighted by atomic mass is 31.2. The van der Waals surface area contributed by atoms with Crippen molar-refractivity contribution in [2.75, 3.05) is 47.5 Å². The Morgan fingerprint density at radius 1 is 0.348 bits per heavy atom. The minimum atomic E-state index is -4.40. The number of rotatable bonds is 68. The minimum absolute atomic E-state index is 0.0242. The van der Waals surface area contributed by atoms with E-state index in [4.69, 9.17) is 18.5 Å². The number of likely N-dealkylation sites (N-methyl/N-ethyl adjacent to an activating group) is 1. The van der Waals surface area contributed by atoms with E-state index in [9.17, 15) is 19.0 Å². The van der Waals surface area contributed by atoms with Crippen molar-refractivity contribution < 1.29 is 42.1 Å². The summed E-state index contributed by atoms with van der Waals surface area (Å²) in [5, 5.41) is 0. The van der Waals surface area contributed by atoms with Gasteiger partial charge in [0.05, 0.1) is 27.7 Å². The molecule has 0 rings (SSSR count). The summed E-state index contributed by atoms with van der Waals surface area (Å²) in [5.74, 6) is -0.806. The van der Waals surface area contributed by atoms with E-state index in [-0.39, 0.29) is 32.0 Å². The Balaban J connectivity index is 4.09. The predicted molar refractivity (Wildman–Crippen MR) is 399 cm³/mol. The summed E-state index contributed by atoms with van der Waals surface area (Å²) < 4.78 is 34.8. The Bertz CT molecular complexity index is 2070. The first kappa shape index (κ1) is 87.9. The van der Waals surface area contributed by atoms with Gasteiger partial charge in [-0.1, -0.05) is 320 Å². The summed E-state index contributed by atoms with van der Waals surface area (Å²) >= 11 is 0. The van der Waals surface area contributed by atoms with E-state index in [1.807, 2.05) is 21.1 Å². The van der Waals surface area contributed by atoms with Gasteiger partial charge in [-0.3, -0.25) is 18.6 Å². The fraction of sp³-hybridized carbons (Fsp3) is 0.683. The zero-order valence-electron chi connectivity index (χ0n) is 60.0. The number of carbonyl (C=O) groups is 2. The molecule has 1 N–H and O–H groups in total. The number of phosphoric ester groups is 1. The molecular formula is C82H141NO8P+. The van der Waals surface area contributed by atoms with Crippen molar-refractivity contribution in [3.8, 4) is 0 Å². The number of phosphoric acid groups is 1. The lowest BCUT2D eigenvalue weighted by molar-refractivity contribution is -0.870. The summed E-state index contributed by atoms with van der Waals surface area (Å²) in [5.41, 5.74) is 0. The third-order valence-corrected chi connectivity index (χ3v) is 16.8. The van der Waals surface area contributed by atoms with Gasteiger partial charge in [-0.25, -0.2) is 4.57 Å². The highest BCUT2D eigenvalue weighted by Crippen LogP contribution is 2.43. The molecule has 0 saturated heterocycles. The maximum Gasteiger partial charge on any atom is 0.472 e. The molecular weight excluding hydrogens is 1160 g/mol. The second-order valence-corrected chi connectivity index (χ2v) is 27.4. The molecule has 0 fully saturated rings. The van der Waals surface area contributed by atoms with E-state index in [1.165, 1.54) is 161 Å². The van der Waals surface area contributed by atoms with Crippen LogP contribution >= 0.6 is 7.82 Å². The molecule has 0 aromatic rings. The fourth-order valence-electron chi connectivity index (χ4n) is 10.1. The van der Waals surface area contributed by atoms with Crippen molar-refractivity contribution in [1.29, 1.82) is 0 Å². The van der Waals surface area contributed by atoms with Crippen LogP contribution in [0.2, 0.25) is 0 Å². The number of unbranched alkanes of at least 4 members (excludes halogenated alkanes) is 30. The van der Waals surface area contributed by atoms with Gasteiger partial charge in [-0.2, -0.15) is 0 Å². The Morgan fingerprint density at radius 3 is 0.924 bits per heavy atom. The number of ether oxygens (including phenoxy) is 2. The van der Waals surface area contributed by atoms with Gasteiger partial charge in [-0.15, -0.1) is 0 Å². The first-order valence-corrected chi connectivity index (χ1v) is 39.1. The van der Waals surface area contributed by atoms with E-state index in [2.05, 4.69) is 160 Å². The number of carbonyl (C=O) groups excluding carboxylic acids is 2. The van der Waals surface area contributed by atoms with Crippen LogP contribution in [-0.4, -0.2) is 74.9 Å². The molecule has 0 aliphatic carbocycles. The van der Waals surface area contributed by atoms with Crippen molar-refractivity contribution in [1.82, 2.24) is 0 Å². The average molecular weight is 1300 g/mol. The monoisotopic (exact) mass is 1300 g/mol. The molecule has 0 heterocycles. The van der Waals surface area contributed by atoms with E-state index in [0.29, 0.717) is 17.4 Å². The predicted octanol–water partition coefficient (Wildman–Crippen LogP) is 24.9. The van der Waals surface area contributed by atoms with Crippen LogP contribution < -0.4 is 0 Å². The normalized spacial score (nSPS) is 13.9. The summed E-state index contributed by atoms with van der Waals surface area (Å²) in [7, 11) is 1.46. The van der Waals surface area contributed by atoms with E-state index >= 15 is 0 Å². The van der Waals surface area contributed by atoms with Crippen molar-refractivity contribution in [3.05, 3.63) is 146 Å². The van der Waals surface area contributed by atoms with Crippen molar-refractivity contribution in [3.63, 3.8) is 0 Å². The minimum Gasteiger partial charge on any atom is -0.462 e. The molecule has 0 radical (unpaired) electrons. The van der Waals surface area contributed by atoms with Crippen LogP contribution in [0.25, 0.3) is 0 Å². The van der Waals surface area contributed by atoms with Gasteiger partial charge in [0.25, 0.3) is 0 Å². The third-order valence-electron chi connectivity index (χ3n) is 15.9. The molecule has 92 heavy (non-hydrogen) atoms. The average Bonchev–Trinajstić information content (AvgIpc) is 2.14. The Kier molecular flexibility index (Phi) is 68.0. The molecule has 0 aromatic heterocycles. The molecule has 0 aliphatic heterocycles. The van der Waals surface area contributed by atoms with Crippen LogP contribution in [-0.2, 0) is 32.7 Å². The Labute approximate surface area is 567 Å². The molecule has 0 bridgehead atoms. The van der Waals surface area contributed by atoms with Crippen LogP contribution in [0.1, 0.15) is 309 Å². The number of quaternary nitrogens is 1. The second kappa shape index (κ2) is 71.2. The summed E-state index contributed by atoms with van der Waals surface area (Å²) in [6, 6.07) is 0. The first-order valence-electron chi connectivity index (χ1n) is 37.6. The van der Waals surface area contributed by atoms with Gasteiger partial charge in [0.15, 0.2) is 6.10 Å². The summed E-state index contributed by atoms with van der Waals surface area (Å²) in [6.45, 7) is 4.32. The molecule has 9 nitrogen and oxygen atoms in total. The third kappa shape index (κ3) is 74.9. The molecule has 0 aliphatic rings. The molecule has 0 amide bonds. The van der Waals surface area contributed by atoms with Gasteiger partial charge in [0.1, 0.15) is 19.8 Å². The highest BCUT2D eigenvalue weighted by molar-refractivity contribution is 7.47. The first-order chi connectivity index (χ1) is 45.0. The van der Waals surface area contributed by atoms with Crippen LogP contribution in [0.5, 0.6) is 0 Å². The van der Waals surface area contributed by atoms with Gasteiger partial charge in [0.2, 0.25) is 0 Å². The lowest BCUT2D eigenvalue weighted by Crippen LogP contribution is -2.37. The SMILES string of the molecule is CC/C=C\C/C=C\C/C=C\C/C=C\C/C=C\C/C=C\C/C=C\C/C=C\C/C=C\C/C=C\CCCCCCCCCCC(=O)OC(COC(=O)CCCCCCCCCCCCCCCCCCC/C=C\C/C=C\CCCCCCC)COP(=O)(O)OCC[N+](C)(C)C. The van der Waals surface area contributed by atoms with E-state index in [1.54, 1.807) is 0 Å². The maximum absolute atomic E-state index is 12.9. The number of allylic oxidation sites excluding steroid dienone is 24. The molecule has 526 valence electrons. The van der Waals surface area contributed by atoms with E-state index < -0.39 is 26.5 Å². The van der Waals surface area contributed by atoms with Crippen LogP contribution in [0.15, 0.2) is 146 Å². The zero-order valence-corrected chi connectivity index (χ0v) is 60.9. The Morgan fingerprint density at radius 2 is 0.620 bits per heavy atom. The quantitative estimate of drug-likeness (QED) is 0.0211. The van der Waals surface area contributed by atoms with Crippen LogP contribution in [0.4, 0.5) is 0 Å².